The van der Waals surface area contributed by atoms with Crippen LogP contribution in [0, 0.1) is 0 Å². The topological polar surface area (TPSA) is 90.1 Å². The summed E-state index contributed by atoms with van der Waals surface area (Å²) in [5.41, 5.74) is 2.11. The van der Waals surface area contributed by atoms with Gasteiger partial charge in [0.05, 0.1) is 0 Å². The molecule has 1 atom stereocenters. The van der Waals surface area contributed by atoms with Crippen LogP contribution in [0.5, 0.6) is 0 Å². The Morgan fingerprint density at radius 2 is 2.04 bits per heavy atom. The largest absolute Gasteiger partial charge is 0.335 e. The second kappa shape index (κ2) is 7.38. The third-order valence-corrected chi connectivity index (χ3v) is 4.28. The van der Waals surface area contributed by atoms with Crippen LogP contribution in [0.15, 0.2) is 36.4 Å². The molecular formula is C18H23N5O2. The standard InChI is InChI=1S/C18H23N5O2/c1-12(2)15-10-16(22-21-15)17(24)23-9-8-14(11-23)20-18(25)19-13-6-4-3-5-7-13/h3-7,10,12,14H,8-9,11H2,1-2H3,(H,21,22)(H2,19,20,25)/t14-/m1/s1. The zero-order chi connectivity index (χ0) is 17.8. The van der Waals surface area contributed by atoms with Gasteiger partial charge >= 0.3 is 6.03 Å². The summed E-state index contributed by atoms with van der Waals surface area (Å²) < 4.78 is 0. The lowest BCUT2D eigenvalue weighted by Crippen LogP contribution is -2.40. The molecule has 0 bridgehead atoms. The fraction of sp³-hybridized carbons (Fsp3) is 0.389. The van der Waals surface area contributed by atoms with Crippen molar-refractivity contribution in [2.24, 2.45) is 0 Å². The van der Waals surface area contributed by atoms with Gasteiger partial charge in [0.1, 0.15) is 5.69 Å². The van der Waals surface area contributed by atoms with E-state index in [9.17, 15) is 9.59 Å². The molecule has 1 fully saturated rings. The number of anilines is 1. The van der Waals surface area contributed by atoms with Gasteiger partial charge in [-0.2, -0.15) is 5.10 Å². The number of amides is 3. The van der Waals surface area contributed by atoms with Crippen molar-refractivity contribution in [3.63, 3.8) is 0 Å². The molecule has 0 spiro atoms. The van der Waals surface area contributed by atoms with E-state index in [4.69, 9.17) is 0 Å². The number of aromatic amines is 1. The minimum absolute atomic E-state index is 0.0591. The number of benzene rings is 1. The molecule has 1 aliphatic rings. The molecule has 1 aliphatic heterocycles. The Bertz CT molecular complexity index is 741. The van der Waals surface area contributed by atoms with E-state index in [1.165, 1.54) is 0 Å². The zero-order valence-electron chi connectivity index (χ0n) is 14.5. The molecule has 25 heavy (non-hydrogen) atoms. The van der Waals surface area contributed by atoms with Gasteiger partial charge in [-0.05, 0) is 30.5 Å². The van der Waals surface area contributed by atoms with E-state index in [1.54, 1.807) is 11.0 Å². The summed E-state index contributed by atoms with van der Waals surface area (Å²) in [5.74, 6) is 0.194. The van der Waals surface area contributed by atoms with Gasteiger partial charge in [-0.1, -0.05) is 32.0 Å². The van der Waals surface area contributed by atoms with Crippen molar-refractivity contribution in [2.75, 3.05) is 18.4 Å². The van der Waals surface area contributed by atoms with Crippen molar-refractivity contribution in [3.05, 3.63) is 47.8 Å². The molecule has 0 saturated carbocycles. The number of hydrogen-bond donors (Lipinski definition) is 3. The molecule has 1 saturated heterocycles. The van der Waals surface area contributed by atoms with E-state index in [1.807, 2.05) is 44.2 Å². The van der Waals surface area contributed by atoms with E-state index >= 15 is 0 Å². The van der Waals surface area contributed by atoms with Crippen molar-refractivity contribution < 1.29 is 9.59 Å². The fourth-order valence-electron chi connectivity index (χ4n) is 2.84. The normalized spacial score (nSPS) is 16.9. The molecule has 2 aromatic rings. The molecule has 2 heterocycles. The van der Waals surface area contributed by atoms with Crippen LogP contribution in [0.3, 0.4) is 0 Å². The molecule has 7 heteroatoms. The number of likely N-dealkylation sites (tertiary alicyclic amines) is 1. The SMILES string of the molecule is CC(C)c1cc(C(=O)N2CC[C@@H](NC(=O)Nc3ccccc3)C2)n[nH]1. The number of carbonyl (C=O) groups excluding carboxylic acids is 2. The summed E-state index contributed by atoms with van der Waals surface area (Å²) in [6.45, 7) is 5.19. The van der Waals surface area contributed by atoms with Crippen molar-refractivity contribution >= 4 is 17.6 Å². The third-order valence-electron chi connectivity index (χ3n) is 4.28. The molecule has 3 N–H and O–H groups in total. The van der Waals surface area contributed by atoms with E-state index in [-0.39, 0.29) is 18.0 Å². The van der Waals surface area contributed by atoms with Gasteiger partial charge in [0, 0.05) is 30.5 Å². The smallest absolute Gasteiger partial charge is 0.319 e. The summed E-state index contributed by atoms with van der Waals surface area (Å²) in [6, 6.07) is 10.8. The Morgan fingerprint density at radius 1 is 1.28 bits per heavy atom. The number of aromatic nitrogens is 2. The van der Waals surface area contributed by atoms with Gasteiger partial charge in [0.2, 0.25) is 0 Å². The molecule has 7 nitrogen and oxygen atoms in total. The lowest BCUT2D eigenvalue weighted by atomic mass is 10.1. The average Bonchev–Trinajstić information content (AvgIpc) is 3.24. The van der Waals surface area contributed by atoms with Gasteiger partial charge in [-0.25, -0.2) is 4.79 Å². The van der Waals surface area contributed by atoms with Crippen LogP contribution in [-0.2, 0) is 0 Å². The van der Waals surface area contributed by atoms with E-state index in [0.717, 1.165) is 17.8 Å². The summed E-state index contributed by atoms with van der Waals surface area (Å²) in [6.07, 6.45) is 0.732. The molecule has 0 radical (unpaired) electrons. The van der Waals surface area contributed by atoms with Crippen LogP contribution in [0.2, 0.25) is 0 Å². The van der Waals surface area contributed by atoms with E-state index < -0.39 is 0 Å². The highest BCUT2D eigenvalue weighted by molar-refractivity contribution is 5.93. The van der Waals surface area contributed by atoms with E-state index in [0.29, 0.717) is 24.7 Å². The molecule has 0 aliphatic carbocycles. The highest BCUT2D eigenvalue weighted by Crippen LogP contribution is 2.16. The summed E-state index contributed by atoms with van der Waals surface area (Å²) in [4.78, 5) is 26.3. The first kappa shape index (κ1) is 17.0. The monoisotopic (exact) mass is 341 g/mol. The second-order valence-corrected chi connectivity index (χ2v) is 6.56. The molecule has 3 rings (SSSR count). The number of hydrogen-bond acceptors (Lipinski definition) is 3. The van der Waals surface area contributed by atoms with Crippen molar-refractivity contribution in [1.82, 2.24) is 20.4 Å². The second-order valence-electron chi connectivity index (χ2n) is 6.56. The van der Waals surface area contributed by atoms with Crippen LogP contribution in [0.4, 0.5) is 10.5 Å². The third kappa shape index (κ3) is 4.17. The van der Waals surface area contributed by atoms with Crippen molar-refractivity contribution in [3.8, 4) is 0 Å². The minimum atomic E-state index is -0.257. The fourth-order valence-corrected chi connectivity index (χ4v) is 2.84. The van der Waals surface area contributed by atoms with Crippen LogP contribution in [0.1, 0.15) is 42.4 Å². The Morgan fingerprint density at radius 3 is 2.72 bits per heavy atom. The maximum absolute atomic E-state index is 12.5. The first-order valence-electron chi connectivity index (χ1n) is 8.50. The first-order valence-corrected chi connectivity index (χ1v) is 8.50. The quantitative estimate of drug-likeness (QED) is 0.798. The minimum Gasteiger partial charge on any atom is -0.335 e. The number of nitrogens with zero attached hydrogens (tertiary/aromatic N) is 2. The Balaban J connectivity index is 1.52. The number of H-pyrrole nitrogens is 1. The van der Waals surface area contributed by atoms with Crippen LogP contribution >= 0.6 is 0 Å². The molecule has 1 aromatic carbocycles. The maximum Gasteiger partial charge on any atom is 0.319 e. The van der Waals surface area contributed by atoms with Gasteiger partial charge in [0.15, 0.2) is 0 Å². The molecule has 0 unspecified atom stereocenters. The number of para-hydroxylation sites is 1. The highest BCUT2D eigenvalue weighted by atomic mass is 16.2. The number of carbonyl (C=O) groups is 2. The molecule has 1 aromatic heterocycles. The molecule has 3 amide bonds. The number of urea groups is 1. The lowest BCUT2D eigenvalue weighted by molar-refractivity contribution is 0.0783. The molecular weight excluding hydrogens is 318 g/mol. The van der Waals surface area contributed by atoms with Gasteiger partial charge in [-0.3, -0.25) is 9.89 Å². The molecule has 132 valence electrons. The van der Waals surface area contributed by atoms with Crippen LogP contribution in [0.25, 0.3) is 0 Å². The van der Waals surface area contributed by atoms with Crippen LogP contribution in [-0.4, -0.2) is 46.2 Å². The van der Waals surface area contributed by atoms with Crippen LogP contribution < -0.4 is 10.6 Å². The zero-order valence-corrected chi connectivity index (χ0v) is 14.5. The number of nitrogens with one attached hydrogen (secondary N) is 3. The van der Waals surface area contributed by atoms with Gasteiger partial charge in [-0.15, -0.1) is 0 Å². The summed E-state index contributed by atoms with van der Waals surface area (Å²) in [7, 11) is 0. The van der Waals surface area contributed by atoms with Gasteiger partial charge < -0.3 is 15.5 Å². The number of rotatable bonds is 4. The highest BCUT2D eigenvalue weighted by Gasteiger charge is 2.29. The summed E-state index contributed by atoms with van der Waals surface area (Å²) >= 11 is 0. The Kier molecular flexibility index (Phi) is 5.02. The predicted octanol–water partition coefficient (Wildman–Crippen LogP) is 2.57. The van der Waals surface area contributed by atoms with Crippen molar-refractivity contribution in [2.45, 2.75) is 32.2 Å². The predicted molar refractivity (Wildman–Crippen MR) is 95.6 cm³/mol. The Labute approximate surface area is 146 Å². The van der Waals surface area contributed by atoms with Gasteiger partial charge in [0.25, 0.3) is 5.91 Å². The van der Waals surface area contributed by atoms with E-state index in [2.05, 4.69) is 20.8 Å². The average molecular weight is 341 g/mol. The van der Waals surface area contributed by atoms with Crippen molar-refractivity contribution in [1.29, 1.82) is 0 Å². The first-order chi connectivity index (χ1) is 12.0. The maximum atomic E-state index is 12.5. The lowest BCUT2D eigenvalue weighted by Gasteiger charge is -2.16. The Hall–Kier alpha value is -2.83. The summed E-state index contributed by atoms with van der Waals surface area (Å²) in [5, 5.41) is 12.7.